The molecule has 1 heterocycles. The van der Waals surface area contributed by atoms with E-state index in [9.17, 15) is 13.2 Å². The highest BCUT2D eigenvalue weighted by Gasteiger charge is 2.42. The summed E-state index contributed by atoms with van der Waals surface area (Å²) in [5.74, 6) is 0. The van der Waals surface area contributed by atoms with Gasteiger partial charge in [-0.15, -0.1) is 0 Å². The number of benzene rings is 3. The van der Waals surface area contributed by atoms with Crippen LogP contribution in [0.5, 0.6) is 0 Å². The number of carbonyl (C=O) groups excluding carboxylic acids is 1. The predicted octanol–water partition coefficient (Wildman–Crippen LogP) is 4.68. The molecular weight excluding hydrogens is 384 g/mol. The molecule has 1 aliphatic heterocycles. The first-order valence-electron chi connectivity index (χ1n) is 8.24. The lowest BCUT2D eigenvalue weighted by molar-refractivity contribution is 0.253. The van der Waals surface area contributed by atoms with Crippen LogP contribution >= 0.6 is 11.6 Å². The van der Waals surface area contributed by atoms with Crippen molar-refractivity contribution >= 4 is 39.0 Å². The van der Waals surface area contributed by atoms with Crippen LogP contribution in [0.15, 0.2) is 83.8 Å². The van der Waals surface area contributed by atoms with E-state index >= 15 is 0 Å². The third-order valence-electron chi connectivity index (χ3n) is 4.31. The second-order valence-electron chi connectivity index (χ2n) is 6.07. The van der Waals surface area contributed by atoms with Gasteiger partial charge in [0.15, 0.2) is 0 Å². The van der Waals surface area contributed by atoms with Crippen molar-refractivity contribution in [3.63, 3.8) is 0 Å². The summed E-state index contributed by atoms with van der Waals surface area (Å²) >= 11 is 6.02. The van der Waals surface area contributed by atoms with Gasteiger partial charge >= 0.3 is 6.03 Å². The minimum atomic E-state index is -4.04. The van der Waals surface area contributed by atoms with Crippen LogP contribution in [0.2, 0.25) is 5.02 Å². The Bertz CT molecular complexity index is 1120. The molecule has 0 unspecified atom stereocenters. The number of para-hydroxylation sites is 1. The Kier molecular flexibility index (Phi) is 4.37. The van der Waals surface area contributed by atoms with Crippen LogP contribution in [0.1, 0.15) is 5.56 Å². The van der Waals surface area contributed by atoms with Gasteiger partial charge in [0.25, 0.3) is 10.0 Å². The minimum Gasteiger partial charge on any atom is -0.287 e. The molecule has 0 saturated carbocycles. The van der Waals surface area contributed by atoms with Gasteiger partial charge in [-0.3, -0.25) is 4.90 Å². The molecule has 136 valence electrons. The number of hydrogen-bond donors (Lipinski definition) is 0. The van der Waals surface area contributed by atoms with Crippen molar-refractivity contribution in [2.24, 2.45) is 0 Å². The van der Waals surface area contributed by atoms with Gasteiger partial charge in [-0.2, -0.15) is 4.31 Å². The third kappa shape index (κ3) is 3.07. The zero-order valence-corrected chi connectivity index (χ0v) is 15.7. The monoisotopic (exact) mass is 398 g/mol. The maximum absolute atomic E-state index is 13.2. The fraction of sp³-hybridized carbons (Fsp3) is 0.0500. The topological polar surface area (TPSA) is 57.7 Å². The maximum atomic E-state index is 13.2. The van der Waals surface area contributed by atoms with E-state index in [1.807, 2.05) is 30.3 Å². The molecule has 0 atom stereocenters. The summed E-state index contributed by atoms with van der Waals surface area (Å²) in [6, 6.07) is 21.5. The van der Waals surface area contributed by atoms with Crippen LogP contribution in [0.25, 0.3) is 0 Å². The molecule has 3 aromatic rings. The van der Waals surface area contributed by atoms with Crippen LogP contribution in [-0.4, -0.2) is 14.4 Å². The van der Waals surface area contributed by atoms with E-state index in [1.165, 1.54) is 17.0 Å². The molecule has 27 heavy (non-hydrogen) atoms. The largest absolute Gasteiger partial charge is 0.343 e. The highest BCUT2D eigenvalue weighted by molar-refractivity contribution is 7.94. The number of nitrogens with zero attached hydrogens (tertiary/aromatic N) is 2. The normalized spacial score (nSPS) is 15.5. The van der Waals surface area contributed by atoms with Crippen molar-refractivity contribution in [2.75, 3.05) is 9.21 Å². The first-order chi connectivity index (χ1) is 13.0. The molecule has 3 aromatic carbocycles. The number of anilines is 2. The number of sulfonamides is 1. The fourth-order valence-corrected chi connectivity index (χ4v) is 4.85. The predicted molar refractivity (Wildman–Crippen MR) is 106 cm³/mol. The summed E-state index contributed by atoms with van der Waals surface area (Å²) in [5, 5.41) is 0.351. The van der Waals surface area contributed by atoms with Crippen LogP contribution in [0.3, 0.4) is 0 Å². The number of halogens is 1. The summed E-state index contributed by atoms with van der Waals surface area (Å²) in [6.07, 6.45) is 0. The van der Waals surface area contributed by atoms with Gasteiger partial charge in [0.2, 0.25) is 0 Å². The van der Waals surface area contributed by atoms with Crippen molar-refractivity contribution < 1.29 is 13.2 Å². The first-order valence-corrected chi connectivity index (χ1v) is 10.1. The molecule has 0 radical (unpaired) electrons. The fourth-order valence-electron chi connectivity index (χ4n) is 3.08. The van der Waals surface area contributed by atoms with E-state index in [-0.39, 0.29) is 17.1 Å². The molecule has 2 amide bonds. The lowest BCUT2D eigenvalue weighted by Crippen LogP contribution is -2.50. The Balaban J connectivity index is 1.88. The molecule has 0 aliphatic carbocycles. The average molecular weight is 399 g/mol. The first kappa shape index (κ1) is 17.6. The number of rotatable bonds is 3. The van der Waals surface area contributed by atoms with Crippen molar-refractivity contribution in [2.45, 2.75) is 11.4 Å². The molecule has 7 heteroatoms. The van der Waals surface area contributed by atoms with Crippen molar-refractivity contribution in [1.82, 2.24) is 0 Å². The molecule has 0 bridgehead atoms. The van der Waals surface area contributed by atoms with Crippen molar-refractivity contribution in [1.29, 1.82) is 0 Å². The van der Waals surface area contributed by atoms with E-state index in [4.69, 9.17) is 11.6 Å². The van der Waals surface area contributed by atoms with Gasteiger partial charge in [0, 0.05) is 5.02 Å². The average Bonchev–Trinajstić information content (AvgIpc) is 2.66. The van der Waals surface area contributed by atoms with E-state index in [0.29, 0.717) is 10.7 Å². The Hall–Kier alpha value is -2.83. The van der Waals surface area contributed by atoms with Crippen LogP contribution in [-0.2, 0) is 16.6 Å². The summed E-state index contributed by atoms with van der Waals surface area (Å²) in [5.41, 5.74) is 1.47. The number of amides is 2. The molecule has 0 saturated heterocycles. The van der Waals surface area contributed by atoms with Gasteiger partial charge in [-0.25, -0.2) is 13.2 Å². The number of urea groups is 1. The van der Waals surface area contributed by atoms with Crippen LogP contribution in [0.4, 0.5) is 16.2 Å². The second kappa shape index (κ2) is 6.72. The molecule has 0 aromatic heterocycles. The van der Waals surface area contributed by atoms with E-state index < -0.39 is 16.1 Å². The Morgan fingerprint density at radius 1 is 0.852 bits per heavy atom. The Morgan fingerprint density at radius 3 is 2.30 bits per heavy atom. The lowest BCUT2D eigenvalue weighted by atomic mass is 10.2. The summed E-state index contributed by atoms with van der Waals surface area (Å²) < 4.78 is 27.1. The summed E-state index contributed by atoms with van der Waals surface area (Å²) in [6.45, 7) is 0.253. The van der Waals surface area contributed by atoms with E-state index in [0.717, 1.165) is 9.87 Å². The number of carbonyl (C=O) groups is 1. The van der Waals surface area contributed by atoms with Crippen molar-refractivity contribution in [3.05, 3.63) is 89.4 Å². The van der Waals surface area contributed by atoms with Crippen LogP contribution in [0, 0.1) is 0 Å². The van der Waals surface area contributed by atoms with Gasteiger partial charge in [-0.1, -0.05) is 60.1 Å². The van der Waals surface area contributed by atoms with E-state index in [2.05, 4.69) is 0 Å². The summed E-state index contributed by atoms with van der Waals surface area (Å²) in [7, 11) is -4.04. The van der Waals surface area contributed by atoms with Crippen LogP contribution < -0.4 is 9.21 Å². The highest BCUT2D eigenvalue weighted by Crippen LogP contribution is 2.38. The Morgan fingerprint density at radius 2 is 1.56 bits per heavy atom. The number of fused-ring (bicyclic) bond motifs is 1. The molecular formula is C20H15ClN2O3S. The van der Waals surface area contributed by atoms with Gasteiger partial charge in [-0.05, 0) is 35.9 Å². The molecule has 0 N–H and O–H groups in total. The van der Waals surface area contributed by atoms with Gasteiger partial charge in [0.1, 0.15) is 4.90 Å². The number of hydrogen-bond acceptors (Lipinski definition) is 3. The Labute approximate surface area is 162 Å². The lowest BCUT2D eigenvalue weighted by Gasteiger charge is -2.36. The van der Waals surface area contributed by atoms with Gasteiger partial charge < -0.3 is 0 Å². The molecule has 5 nitrogen and oxygen atoms in total. The SMILES string of the molecule is O=C1N(Cc2ccccc2)c2ccccc2S(=O)(=O)N1c1cccc(Cl)c1. The third-order valence-corrected chi connectivity index (χ3v) is 6.29. The minimum absolute atomic E-state index is 0.0838. The quantitative estimate of drug-likeness (QED) is 0.643. The molecule has 1 aliphatic rings. The molecule has 0 spiro atoms. The zero-order chi connectivity index (χ0) is 19.0. The standard InChI is InChI=1S/C20H15ClN2O3S/c21-16-9-6-10-17(13-16)23-20(24)22(14-15-7-2-1-3-8-15)18-11-4-5-12-19(18)27(23,25)26/h1-13H,14H2. The zero-order valence-electron chi connectivity index (χ0n) is 14.1. The summed E-state index contributed by atoms with van der Waals surface area (Å²) in [4.78, 5) is 14.8. The highest BCUT2D eigenvalue weighted by atomic mass is 35.5. The molecule has 4 rings (SSSR count). The van der Waals surface area contributed by atoms with E-state index in [1.54, 1.807) is 36.4 Å². The maximum Gasteiger partial charge on any atom is 0.343 e. The second-order valence-corrected chi connectivity index (χ2v) is 8.26. The smallest absolute Gasteiger partial charge is 0.287 e. The van der Waals surface area contributed by atoms with Crippen molar-refractivity contribution in [3.8, 4) is 0 Å². The molecule has 0 fully saturated rings. The van der Waals surface area contributed by atoms with Gasteiger partial charge in [0.05, 0.1) is 17.9 Å².